The van der Waals surface area contributed by atoms with Crippen molar-refractivity contribution >= 4 is 6.03 Å². The monoisotopic (exact) mass is 379 g/mol. The van der Waals surface area contributed by atoms with Gasteiger partial charge in [0.25, 0.3) is 0 Å². The minimum Gasteiger partial charge on any atom is -0.492 e. The van der Waals surface area contributed by atoms with Crippen LogP contribution in [-0.4, -0.2) is 30.8 Å². The Morgan fingerprint density at radius 1 is 1.11 bits per heavy atom. The van der Waals surface area contributed by atoms with Crippen molar-refractivity contribution in [1.29, 1.82) is 0 Å². The molecule has 0 atom stereocenters. The summed E-state index contributed by atoms with van der Waals surface area (Å²) in [6.07, 6.45) is 3.60. The van der Waals surface area contributed by atoms with Crippen molar-refractivity contribution < 1.29 is 23.0 Å². The third-order valence-electron chi connectivity index (χ3n) is 3.57. The lowest BCUT2D eigenvalue weighted by Crippen LogP contribution is -2.37. The maximum absolute atomic E-state index is 13.1. The normalized spacial score (nSPS) is 10.3. The van der Waals surface area contributed by atoms with Crippen molar-refractivity contribution in [2.75, 3.05) is 19.8 Å². The number of nitrogens with zero attached hydrogens (tertiary/aromatic N) is 1. The van der Waals surface area contributed by atoms with E-state index in [-0.39, 0.29) is 31.5 Å². The van der Waals surface area contributed by atoms with Crippen LogP contribution >= 0.6 is 0 Å². The van der Waals surface area contributed by atoms with Gasteiger partial charge in [-0.2, -0.15) is 0 Å². The van der Waals surface area contributed by atoms with Gasteiger partial charge in [-0.15, -0.1) is 0 Å². The number of hydrogen-bond acceptors (Lipinski definition) is 4. The Morgan fingerprint density at radius 3 is 2.74 bits per heavy atom. The predicted octanol–water partition coefficient (Wildman–Crippen LogP) is 3.42. The van der Waals surface area contributed by atoms with E-state index in [1.807, 2.05) is 6.07 Å². The molecule has 2 N–H and O–H groups in total. The molecule has 2 amide bonds. The number of halogens is 2. The summed E-state index contributed by atoms with van der Waals surface area (Å²) in [7, 11) is 0. The Hall–Kier alpha value is -2.90. The SMILES string of the molecule is CCCCOc1ncccc1CNC(=O)NCCOc1ccc(F)c(F)c1. The molecule has 27 heavy (non-hydrogen) atoms. The van der Waals surface area contributed by atoms with Gasteiger partial charge in [0.05, 0.1) is 13.2 Å². The summed E-state index contributed by atoms with van der Waals surface area (Å²) in [5.41, 5.74) is 0.779. The van der Waals surface area contributed by atoms with E-state index in [9.17, 15) is 13.6 Å². The second kappa shape index (κ2) is 10.9. The van der Waals surface area contributed by atoms with Gasteiger partial charge in [-0.1, -0.05) is 19.4 Å². The highest BCUT2D eigenvalue weighted by Crippen LogP contribution is 2.15. The summed E-state index contributed by atoms with van der Waals surface area (Å²) in [4.78, 5) is 16.0. The number of unbranched alkanes of at least 4 members (excludes halogenated alkanes) is 1. The number of benzene rings is 1. The first-order chi connectivity index (χ1) is 13.1. The van der Waals surface area contributed by atoms with Gasteiger partial charge in [0.2, 0.25) is 5.88 Å². The number of aromatic nitrogens is 1. The molecule has 1 aromatic heterocycles. The second-order valence-corrected chi connectivity index (χ2v) is 5.70. The first-order valence-corrected chi connectivity index (χ1v) is 8.76. The summed E-state index contributed by atoms with van der Waals surface area (Å²) in [5, 5.41) is 5.33. The van der Waals surface area contributed by atoms with Crippen LogP contribution in [0.3, 0.4) is 0 Å². The molecule has 6 nitrogen and oxygen atoms in total. The van der Waals surface area contributed by atoms with Crippen molar-refractivity contribution in [1.82, 2.24) is 15.6 Å². The molecular weight excluding hydrogens is 356 g/mol. The Kier molecular flexibility index (Phi) is 8.28. The highest BCUT2D eigenvalue weighted by molar-refractivity contribution is 5.73. The van der Waals surface area contributed by atoms with E-state index in [4.69, 9.17) is 9.47 Å². The topological polar surface area (TPSA) is 72.5 Å². The summed E-state index contributed by atoms with van der Waals surface area (Å²) in [5.74, 6) is -1.21. The van der Waals surface area contributed by atoms with Gasteiger partial charge < -0.3 is 20.1 Å². The Labute approximate surface area is 156 Å². The zero-order valence-electron chi connectivity index (χ0n) is 15.1. The number of urea groups is 1. The van der Waals surface area contributed by atoms with Crippen LogP contribution in [0.1, 0.15) is 25.3 Å². The van der Waals surface area contributed by atoms with Crippen LogP contribution in [-0.2, 0) is 6.54 Å². The van der Waals surface area contributed by atoms with Gasteiger partial charge in [-0.05, 0) is 24.6 Å². The number of pyridine rings is 1. The first-order valence-electron chi connectivity index (χ1n) is 8.76. The summed E-state index contributed by atoms with van der Waals surface area (Å²) >= 11 is 0. The molecule has 8 heteroatoms. The van der Waals surface area contributed by atoms with E-state index < -0.39 is 11.6 Å². The van der Waals surface area contributed by atoms with Gasteiger partial charge in [-0.3, -0.25) is 0 Å². The molecular formula is C19H23F2N3O3. The highest BCUT2D eigenvalue weighted by Gasteiger charge is 2.07. The van der Waals surface area contributed by atoms with Crippen molar-refractivity contribution in [3.63, 3.8) is 0 Å². The number of carbonyl (C=O) groups excluding carboxylic acids is 1. The van der Waals surface area contributed by atoms with E-state index in [1.165, 1.54) is 6.07 Å². The number of amides is 2. The van der Waals surface area contributed by atoms with Crippen LogP contribution in [0.25, 0.3) is 0 Å². The van der Waals surface area contributed by atoms with E-state index in [0.29, 0.717) is 12.5 Å². The van der Waals surface area contributed by atoms with E-state index in [2.05, 4.69) is 22.5 Å². The summed E-state index contributed by atoms with van der Waals surface area (Å²) < 4.78 is 36.7. The standard InChI is InChI=1S/C19H23F2N3O3/c1-2-3-10-27-18-14(5-4-8-22-18)13-24-19(25)23-9-11-26-15-6-7-16(20)17(21)12-15/h4-8,12H,2-3,9-11,13H2,1H3,(H2,23,24,25). The molecule has 2 rings (SSSR count). The average molecular weight is 379 g/mol. The molecule has 0 spiro atoms. The molecule has 0 aliphatic carbocycles. The molecule has 146 valence electrons. The lowest BCUT2D eigenvalue weighted by molar-refractivity contribution is 0.235. The van der Waals surface area contributed by atoms with Crippen molar-refractivity contribution in [3.8, 4) is 11.6 Å². The van der Waals surface area contributed by atoms with Crippen LogP contribution in [0.15, 0.2) is 36.5 Å². The van der Waals surface area contributed by atoms with Gasteiger partial charge in [0, 0.05) is 24.4 Å². The maximum Gasteiger partial charge on any atom is 0.315 e. The van der Waals surface area contributed by atoms with Gasteiger partial charge in [0.1, 0.15) is 12.4 Å². The van der Waals surface area contributed by atoms with Crippen molar-refractivity contribution in [2.45, 2.75) is 26.3 Å². The molecule has 0 aliphatic rings. The molecule has 0 fully saturated rings. The number of nitrogens with one attached hydrogen (secondary N) is 2. The van der Waals surface area contributed by atoms with E-state index in [1.54, 1.807) is 12.3 Å². The molecule has 0 saturated heterocycles. The third-order valence-corrected chi connectivity index (χ3v) is 3.57. The van der Waals surface area contributed by atoms with Gasteiger partial charge in [0.15, 0.2) is 11.6 Å². The van der Waals surface area contributed by atoms with Crippen LogP contribution < -0.4 is 20.1 Å². The third kappa shape index (κ3) is 7.08. The number of hydrogen-bond donors (Lipinski definition) is 2. The Bertz CT molecular complexity index is 744. The Balaban J connectivity index is 1.69. The first kappa shape index (κ1) is 20.4. The fraction of sp³-hybridized carbons (Fsp3) is 0.368. The predicted molar refractivity (Wildman–Crippen MR) is 96.7 cm³/mol. The smallest absolute Gasteiger partial charge is 0.315 e. The number of ether oxygens (including phenoxy) is 2. The summed E-state index contributed by atoms with van der Waals surface area (Å²) in [6, 6.07) is 6.49. The van der Waals surface area contributed by atoms with Crippen LogP contribution in [0.4, 0.5) is 13.6 Å². The minimum absolute atomic E-state index is 0.122. The molecule has 1 aromatic carbocycles. The molecule has 1 heterocycles. The maximum atomic E-state index is 13.1. The zero-order chi connectivity index (χ0) is 19.5. The van der Waals surface area contributed by atoms with Crippen molar-refractivity contribution in [3.05, 3.63) is 53.7 Å². The average Bonchev–Trinajstić information content (AvgIpc) is 2.67. The molecule has 0 unspecified atom stereocenters. The fourth-order valence-corrected chi connectivity index (χ4v) is 2.14. The van der Waals surface area contributed by atoms with Gasteiger partial charge >= 0.3 is 6.03 Å². The highest BCUT2D eigenvalue weighted by atomic mass is 19.2. The van der Waals surface area contributed by atoms with Crippen LogP contribution in [0.2, 0.25) is 0 Å². The van der Waals surface area contributed by atoms with Crippen molar-refractivity contribution in [2.24, 2.45) is 0 Å². The lowest BCUT2D eigenvalue weighted by atomic mass is 10.2. The Morgan fingerprint density at radius 2 is 1.96 bits per heavy atom. The molecule has 0 saturated carbocycles. The zero-order valence-corrected chi connectivity index (χ0v) is 15.1. The lowest BCUT2D eigenvalue weighted by Gasteiger charge is -2.12. The van der Waals surface area contributed by atoms with E-state index in [0.717, 1.165) is 30.5 Å². The quantitative estimate of drug-likeness (QED) is 0.621. The number of rotatable bonds is 10. The molecule has 2 aromatic rings. The van der Waals surface area contributed by atoms with E-state index >= 15 is 0 Å². The molecule has 0 bridgehead atoms. The van der Waals surface area contributed by atoms with Crippen LogP contribution in [0.5, 0.6) is 11.6 Å². The number of carbonyl (C=O) groups is 1. The largest absolute Gasteiger partial charge is 0.492 e. The summed E-state index contributed by atoms with van der Waals surface area (Å²) in [6.45, 7) is 3.25. The van der Waals surface area contributed by atoms with Gasteiger partial charge in [-0.25, -0.2) is 18.6 Å². The molecule has 0 radical (unpaired) electrons. The fourth-order valence-electron chi connectivity index (χ4n) is 2.14. The van der Waals surface area contributed by atoms with Crippen LogP contribution in [0, 0.1) is 11.6 Å². The minimum atomic E-state index is -0.980. The second-order valence-electron chi connectivity index (χ2n) is 5.70. The molecule has 0 aliphatic heterocycles.